The average molecular weight is 323 g/mol. The molecule has 1 atom stereocenters. The fraction of sp³-hybridized carbons (Fsp3) is 0.250. The Balaban J connectivity index is 1.99. The van der Waals surface area contributed by atoms with E-state index < -0.39 is 21.7 Å². The van der Waals surface area contributed by atoms with Crippen LogP contribution in [0, 0.1) is 11.6 Å². The van der Waals surface area contributed by atoms with Gasteiger partial charge in [0.2, 0.25) is 10.0 Å². The Hall–Kier alpha value is -1.79. The molecule has 3 rings (SSSR count). The number of benzene rings is 2. The first kappa shape index (κ1) is 15.1. The van der Waals surface area contributed by atoms with Crippen LogP contribution < -0.4 is 0 Å². The van der Waals surface area contributed by atoms with Crippen LogP contribution in [-0.4, -0.2) is 19.3 Å². The van der Waals surface area contributed by atoms with E-state index in [9.17, 15) is 17.2 Å². The summed E-state index contributed by atoms with van der Waals surface area (Å²) in [5, 5.41) is 0. The highest BCUT2D eigenvalue weighted by atomic mass is 32.2. The van der Waals surface area contributed by atoms with Crippen LogP contribution >= 0.6 is 0 Å². The van der Waals surface area contributed by atoms with E-state index in [1.165, 1.54) is 4.31 Å². The van der Waals surface area contributed by atoms with Crippen molar-refractivity contribution in [3.05, 3.63) is 65.7 Å². The van der Waals surface area contributed by atoms with Gasteiger partial charge in [0.05, 0.1) is 10.9 Å². The van der Waals surface area contributed by atoms with Crippen molar-refractivity contribution in [3.8, 4) is 0 Å². The van der Waals surface area contributed by atoms with Gasteiger partial charge in [0.15, 0.2) is 11.6 Å². The van der Waals surface area contributed by atoms with Gasteiger partial charge in [-0.15, -0.1) is 0 Å². The molecule has 0 aromatic heterocycles. The lowest BCUT2D eigenvalue weighted by atomic mass is 10.1. The number of rotatable bonds is 3. The van der Waals surface area contributed by atoms with E-state index in [1.807, 2.05) is 30.3 Å². The minimum Gasteiger partial charge on any atom is -0.207 e. The van der Waals surface area contributed by atoms with E-state index in [0.717, 1.165) is 30.2 Å². The Morgan fingerprint density at radius 3 is 2.41 bits per heavy atom. The van der Waals surface area contributed by atoms with Crippen molar-refractivity contribution >= 4 is 10.0 Å². The summed E-state index contributed by atoms with van der Waals surface area (Å²) in [5.41, 5.74) is 0.908. The predicted molar refractivity (Wildman–Crippen MR) is 78.7 cm³/mol. The van der Waals surface area contributed by atoms with Gasteiger partial charge in [-0.3, -0.25) is 0 Å². The minimum absolute atomic E-state index is 0.214. The second kappa shape index (κ2) is 5.78. The second-order valence-electron chi connectivity index (χ2n) is 5.26. The molecule has 1 unspecified atom stereocenters. The smallest absolute Gasteiger partial charge is 0.207 e. The first-order valence-corrected chi connectivity index (χ1v) is 8.46. The van der Waals surface area contributed by atoms with Gasteiger partial charge in [-0.1, -0.05) is 30.3 Å². The minimum atomic E-state index is -3.85. The predicted octanol–water partition coefficient (Wildman–Crippen LogP) is 3.49. The molecule has 1 aliphatic heterocycles. The van der Waals surface area contributed by atoms with Crippen molar-refractivity contribution in [1.82, 2.24) is 4.31 Å². The first-order valence-electron chi connectivity index (χ1n) is 7.02. The van der Waals surface area contributed by atoms with Crippen molar-refractivity contribution in [3.63, 3.8) is 0 Å². The van der Waals surface area contributed by atoms with Crippen LogP contribution in [0.3, 0.4) is 0 Å². The highest BCUT2D eigenvalue weighted by Gasteiger charge is 2.36. The lowest BCUT2D eigenvalue weighted by Gasteiger charge is -2.24. The molecule has 6 heteroatoms. The molecule has 1 heterocycles. The molecule has 0 bridgehead atoms. The highest BCUT2D eigenvalue weighted by Crippen LogP contribution is 2.36. The Labute approximate surface area is 128 Å². The maximum atomic E-state index is 13.4. The largest absolute Gasteiger partial charge is 0.243 e. The molecule has 116 valence electrons. The van der Waals surface area contributed by atoms with E-state index in [1.54, 1.807) is 0 Å². The van der Waals surface area contributed by atoms with Gasteiger partial charge >= 0.3 is 0 Å². The fourth-order valence-electron chi connectivity index (χ4n) is 2.81. The molecule has 1 aliphatic rings. The quantitative estimate of drug-likeness (QED) is 0.867. The number of hydrogen-bond acceptors (Lipinski definition) is 2. The number of halogens is 2. The van der Waals surface area contributed by atoms with E-state index >= 15 is 0 Å². The van der Waals surface area contributed by atoms with Crippen molar-refractivity contribution in [1.29, 1.82) is 0 Å². The Kier molecular flexibility index (Phi) is 3.97. The molecule has 1 saturated heterocycles. The normalized spacial score (nSPS) is 19.5. The van der Waals surface area contributed by atoms with Crippen LogP contribution in [0.4, 0.5) is 8.78 Å². The summed E-state index contributed by atoms with van der Waals surface area (Å²) in [4.78, 5) is -0.214. The summed E-state index contributed by atoms with van der Waals surface area (Å²) in [7, 11) is -3.85. The van der Waals surface area contributed by atoms with Crippen molar-refractivity contribution in [2.75, 3.05) is 6.54 Å². The number of hydrogen-bond donors (Lipinski definition) is 0. The van der Waals surface area contributed by atoms with Crippen molar-refractivity contribution < 1.29 is 17.2 Å². The molecule has 0 saturated carbocycles. The van der Waals surface area contributed by atoms with Gasteiger partial charge in [0.25, 0.3) is 0 Å². The summed E-state index contributed by atoms with van der Waals surface area (Å²) < 4.78 is 53.2. The average Bonchev–Trinajstić information content (AvgIpc) is 3.01. The zero-order valence-corrected chi connectivity index (χ0v) is 12.6. The number of nitrogens with zero attached hydrogens (tertiary/aromatic N) is 1. The van der Waals surface area contributed by atoms with Gasteiger partial charge in [-0.25, -0.2) is 17.2 Å². The third-order valence-electron chi connectivity index (χ3n) is 3.89. The van der Waals surface area contributed by atoms with Crippen molar-refractivity contribution in [2.24, 2.45) is 0 Å². The van der Waals surface area contributed by atoms with Crippen LogP contribution in [0.25, 0.3) is 0 Å². The second-order valence-corrected chi connectivity index (χ2v) is 7.15. The maximum Gasteiger partial charge on any atom is 0.243 e. The SMILES string of the molecule is O=S(=O)(c1ccc(F)c(F)c1)N1CCCC1c1ccccc1. The monoisotopic (exact) mass is 323 g/mol. The summed E-state index contributed by atoms with van der Waals surface area (Å²) in [6.07, 6.45) is 1.45. The molecular formula is C16H15F2NO2S. The zero-order chi connectivity index (χ0) is 15.7. The molecule has 0 radical (unpaired) electrons. The molecule has 2 aromatic rings. The third-order valence-corrected chi connectivity index (χ3v) is 5.79. The Morgan fingerprint density at radius 2 is 1.73 bits per heavy atom. The Morgan fingerprint density at radius 1 is 1.00 bits per heavy atom. The topological polar surface area (TPSA) is 37.4 Å². The first-order chi connectivity index (χ1) is 10.5. The Bertz CT molecular complexity index is 778. The van der Waals surface area contributed by atoms with Crippen LogP contribution in [0.15, 0.2) is 53.4 Å². The highest BCUT2D eigenvalue weighted by molar-refractivity contribution is 7.89. The van der Waals surface area contributed by atoms with Gasteiger partial charge in [0, 0.05) is 6.54 Å². The van der Waals surface area contributed by atoms with Gasteiger partial charge in [0.1, 0.15) is 0 Å². The molecule has 1 fully saturated rings. The van der Waals surface area contributed by atoms with Crippen molar-refractivity contribution in [2.45, 2.75) is 23.8 Å². The number of sulfonamides is 1. The molecule has 2 aromatic carbocycles. The lowest BCUT2D eigenvalue weighted by molar-refractivity contribution is 0.396. The fourth-order valence-corrected chi connectivity index (χ4v) is 4.50. The van der Waals surface area contributed by atoms with Crippen LogP contribution in [-0.2, 0) is 10.0 Å². The molecule has 22 heavy (non-hydrogen) atoms. The van der Waals surface area contributed by atoms with E-state index in [-0.39, 0.29) is 10.9 Å². The molecule has 0 N–H and O–H groups in total. The molecule has 0 spiro atoms. The van der Waals surface area contributed by atoms with Gasteiger partial charge in [-0.2, -0.15) is 4.31 Å². The molecule has 0 aliphatic carbocycles. The van der Waals surface area contributed by atoms with E-state index in [0.29, 0.717) is 13.0 Å². The summed E-state index contributed by atoms with van der Waals surface area (Å²) in [6, 6.07) is 11.8. The third kappa shape index (κ3) is 2.64. The zero-order valence-electron chi connectivity index (χ0n) is 11.7. The van der Waals surface area contributed by atoms with E-state index in [4.69, 9.17) is 0 Å². The van der Waals surface area contributed by atoms with Crippen LogP contribution in [0.5, 0.6) is 0 Å². The van der Waals surface area contributed by atoms with Crippen LogP contribution in [0.2, 0.25) is 0 Å². The molecule has 0 amide bonds. The molecule has 3 nitrogen and oxygen atoms in total. The maximum absolute atomic E-state index is 13.4. The summed E-state index contributed by atoms with van der Waals surface area (Å²) >= 11 is 0. The lowest BCUT2D eigenvalue weighted by Crippen LogP contribution is -2.30. The van der Waals surface area contributed by atoms with Crippen LogP contribution in [0.1, 0.15) is 24.4 Å². The van der Waals surface area contributed by atoms with Gasteiger partial charge in [-0.05, 0) is 36.6 Å². The van der Waals surface area contributed by atoms with Gasteiger partial charge < -0.3 is 0 Å². The standard InChI is InChI=1S/C16H15F2NO2S/c17-14-9-8-13(11-15(14)18)22(20,21)19-10-4-7-16(19)12-5-2-1-3-6-12/h1-3,5-6,8-9,11,16H,4,7,10H2. The molecular weight excluding hydrogens is 308 g/mol. The summed E-state index contributed by atoms with van der Waals surface area (Å²) in [5.74, 6) is -2.21. The summed E-state index contributed by atoms with van der Waals surface area (Å²) in [6.45, 7) is 0.376. The van der Waals surface area contributed by atoms with E-state index in [2.05, 4.69) is 0 Å².